The summed E-state index contributed by atoms with van der Waals surface area (Å²) in [5.41, 5.74) is 0.0487. The van der Waals surface area contributed by atoms with E-state index in [0.29, 0.717) is 10.9 Å². The largest absolute Gasteiger partial charge is 0.385 e. The highest BCUT2D eigenvalue weighted by atomic mass is 79.9. The fraction of sp³-hybridized carbons (Fsp3) is 0.625. The van der Waals surface area contributed by atoms with Crippen LogP contribution < -0.4 is 0 Å². The van der Waals surface area contributed by atoms with Gasteiger partial charge in [0.25, 0.3) is 0 Å². The molecule has 19 heavy (non-hydrogen) atoms. The predicted octanol–water partition coefficient (Wildman–Crippen LogP) is 5.14. The molecule has 0 aromatic heterocycles. The highest BCUT2D eigenvalue weighted by Crippen LogP contribution is 2.52. The van der Waals surface area contributed by atoms with Crippen molar-refractivity contribution in [1.82, 2.24) is 0 Å². The van der Waals surface area contributed by atoms with Gasteiger partial charge in [-0.2, -0.15) is 0 Å². The van der Waals surface area contributed by atoms with Crippen LogP contribution in [0.2, 0.25) is 5.02 Å². The minimum absolute atomic E-state index is 0.655. The number of halogens is 2. The third-order valence-corrected chi connectivity index (χ3v) is 5.86. The van der Waals surface area contributed by atoms with Gasteiger partial charge in [0.1, 0.15) is 0 Å². The Hall–Kier alpha value is -0.0500. The van der Waals surface area contributed by atoms with Crippen molar-refractivity contribution in [2.75, 3.05) is 0 Å². The smallest absolute Gasteiger partial charge is 0.0885 e. The first-order chi connectivity index (χ1) is 8.95. The number of benzene rings is 1. The normalized spacial score (nSPS) is 32.5. The molecule has 3 rings (SSSR count). The van der Waals surface area contributed by atoms with E-state index in [-0.39, 0.29) is 0 Å². The highest BCUT2D eigenvalue weighted by Gasteiger charge is 2.42. The number of hydrogen-bond acceptors (Lipinski definition) is 1. The summed E-state index contributed by atoms with van der Waals surface area (Å²) >= 11 is 9.70. The minimum atomic E-state index is -0.813. The van der Waals surface area contributed by atoms with Crippen LogP contribution in [0.4, 0.5) is 0 Å². The Bertz CT molecular complexity index is 486. The van der Waals surface area contributed by atoms with Gasteiger partial charge < -0.3 is 5.11 Å². The molecular formula is C16H20BrClO. The van der Waals surface area contributed by atoms with Gasteiger partial charge in [0.2, 0.25) is 0 Å². The molecule has 0 spiro atoms. The van der Waals surface area contributed by atoms with Crippen molar-refractivity contribution in [3.8, 4) is 0 Å². The molecule has 0 saturated heterocycles. The van der Waals surface area contributed by atoms with Crippen molar-refractivity contribution in [2.24, 2.45) is 17.8 Å². The summed E-state index contributed by atoms with van der Waals surface area (Å²) in [5, 5.41) is 11.5. The zero-order chi connectivity index (χ0) is 13.6. The Morgan fingerprint density at radius 1 is 1.37 bits per heavy atom. The van der Waals surface area contributed by atoms with E-state index in [1.807, 2.05) is 25.1 Å². The fourth-order valence-electron chi connectivity index (χ4n) is 4.17. The molecule has 4 atom stereocenters. The molecule has 2 aliphatic carbocycles. The Labute approximate surface area is 128 Å². The molecule has 0 heterocycles. The van der Waals surface area contributed by atoms with E-state index in [1.54, 1.807) is 0 Å². The van der Waals surface area contributed by atoms with Crippen molar-refractivity contribution >= 4 is 27.5 Å². The quantitative estimate of drug-likeness (QED) is 0.806. The van der Waals surface area contributed by atoms with E-state index in [0.717, 1.165) is 28.3 Å². The fourth-order valence-corrected chi connectivity index (χ4v) is 5.05. The van der Waals surface area contributed by atoms with Gasteiger partial charge in [-0.05, 0) is 62.5 Å². The summed E-state index contributed by atoms with van der Waals surface area (Å²) < 4.78 is 0.956. The van der Waals surface area contributed by atoms with E-state index in [1.165, 1.54) is 25.7 Å². The van der Waals surface area contributed by atoms with Crippen molar-refractivity contribution < 1.29 is 5.11 Å². The van der Waals surface area contributed by atoms with Crippen molar-refractivity contribution in [3.63, 3.8) is 0 Å². The molecular weight excluding hydrogens is 324 g/mol. The van der Waals surface area contributed by atoms with E-state index in [2.05, 4.69) is 15.9 Å². The Kier molecular flexibility index (Phi) is 3.70. The van der Waals surface area contributed by atoms with Crippen LogP contribution in [0.3, 0.4) is 0 Å². The minimum Gasteiger partial charge on any atom is -0.385 e. The molecule has 0 aliphatic heterocycles. The van der Waals surface area contributed by atoms with Gasteiger partial charge in [-0.1, -0.05) is 40.0 Å². The lowest BCUT2D eigenvalue weighted by Crippen LogP contribution is -2.27. The maximum Gasteiger partial charge on any atom is 0.0885 e. The molecule has 1 aromatic rings. The maximum absolute atomic E-state index is 10.8. The number of fused-ring (bicyclic) bond motifs is 2. The topological polar surface area (TPSA) is 20.2 Å². The first-order valence-electron chi connectivity index (χ1n) is 7.13. The van der Waals surface area contributed by atoms with Crippen LogP contribution >= 0.6 is 27.5 Å². The Morgan fingerprint density at radius 3 is 2.74 bits per heavy atom. The lowest BCUT2D eigenvalue weighted by atomic mass is 9.78. The van der Waals surface area contributed by atoms with Crippen LogP contribution in [0, 0.1) is 17.8 Å². The second-order valence-electron chi connectivity index (χ2n) is 6.54. The van der Waals surface area contributed by atoms with Crippen LogP contribution in [0.25, 0.3) is 0 Å². The summed E-state index contributed by atoms with van der Waals surface area (Å²) in [6.07, 6.45) is 6.29. The second-order valence-corrected chi connectivity index (χ2v) is 7.86. The lowest BCUT2D eigenvalue weighted by molar-refractivity contribution is 0.0205. The van der Waals surface area contributed by atoms with Crippen LogP contribution in [0.15, 0.2) is 22.7 Å². The molecule has 3 heteroatoms. The first kappa shape index (κ1) is 13.9. The monoisotopic (exact) mass is 342 g/mol. The summed E-state index contributed by atoms with van der Waals surface area (Å²) in [4.78, 5) is 0. The highest BCUT2D eigenvalue weighted by molar-refractivity contribution is 9.10. The molecule has 4 unspecified atom stereocenters. The van der Waals surface area contributed by atoms with Crippen LogP contribution in [-0.2, 0) is 5.60 Å². The van der Waals surface area contributed by atoms with E-state index >= 15 is 0 Å². The SMILES string of the molecule is CC(O)(CC1CC2CCC1C2)c1ccc(Br)cc1Cl. The zero-order valence-corrected chi connectivity index (χ0v) is 13.5. The zero-order valence-electron chi connectivity index (χ0n) is 11.2. The van der Waals surface area contributed by atoms with Gasteiger partial charge in [0.15, 0.2) is 0 Å². The third-order valence-electron chi connectivity index (χ3n) is 5.06. The van der Waals surface area contributed by atoms with Gasteiger partial charge in [-0.25, -0.2) is 0 Å². The number of aliphatic hydroxyl groups is 1. The number of rotatable bonds is 3. The molecule has 0 amide bonds. The average Bonchev–Trinajstić information content (AvgIpc) is 2.89. The predicted molar refractivity (Wildman–Crippen MR) is 82.3 cm³/mol. The van der Waals surface area contributed by atoms with Gasteiger partial charge in [-0.15, -0.1) is 0 Å². The molecule has 1 aromatic carbocycles. The molecule has 104 valence electrons. The van der Waals surface area contributed by atoms with E-state index < -0.39 is 5.60 Å². The standard InChI is InChI=1S/C16H20BrClO/c1-16(19,14-5-4-13(17)8-15(14)18)9-12-7-10-2-3-11(12)6-10/h4-5,8,10-12,19H,2-3,6-7,9H2,1H3. The molecule has 2 saturated carbocycles. The lowest BCUT2D eigenvalue weighted by Gasteiger charge is -2.32. The third kappa shape index (κ3) is 2.72. The van der Waals surface area contributed by atoms with Gasteiger partial charge >= 0.3 is 0 Å². The maximum atomic E-state index is 10.8. The molecule has 0 radical (unpaired) electrons. The first-order valence-corrected chi connectivity index (χ1v) is 8.31. The molecule has 2 bridgehead atoms. The van der Waals surface area contributed by atoms with Gasteiger partial charge in [0, 0.05) is 15.1 Å². The Balaban J connectivity index is 1.78. The van der Waals surface area contributed by atoms with Crippen molar-refractivity contribution in [1.29, 1.82) is 0 Å². The van der Waals surface area contributed by atoms with E-state index in [9.17, 15) is 5.11 Å². The average molecular weight is 344 g/mol. The summed E-state index contributed by atoms with van der Waals surface area (Å²) in [5.74, 6) is 2.44. The molecule has 2 aliphatic rings. The summed E-state index contributed by atoms with van der Waals surface area (Å²) in [6.45, 7) is 1.91. The van der Waals surface area contributed by atoms with E-state index in [4.69, 9.17) is 11.6 Å². The van der Waals surface area contributed by atoms with Crippen LogP contribution in [0.5, 0.6) is 0 Å². The second kappa shape index (κ2) is 5.05. The van der Waals surface area contributed by atoms with Gasteiger partial charge in [-0.3, -0.25) is 0 Å². The van der Waals surface area contributed by atoms with Crippen molar-refractivity contribution in [3.05, 3.63) is 33.3 Å². The van der Waals surface area contributed by atoms with Gasteiger partial charge in [0.05, 0.1) is 5.60 Å². The molecule has 2 fully saturated rings. The van der Waals surface area contributed by atoms with Crippen LogP contribution in [0.1, 0.15) is 44.6 Å². The summed E-state index contributed by atoms with van der Waals surface area (Å²) in [7, 11) is 0. The summed E-state index contributed by atoms with van der Waals surface area (Å²) in [6, 6.07) is 5.77. The Morgan fingerprint density at radius 2 is 2.16 bits per heavy atom. The molecule has 1 N–H and O–H groups in total. The van der Waals surface area contributed by atoms with Crippen LogP contribution in [-0.4, -0.2) is 5.11 Å². The van der Waals surface area contributed by atoms with Crippen molar-refractivity contribution in [2.45, 2.75) is 44.6 Å². The number of hydrogen-bond donors (Lipinski definition) is 1. The molecule has 1 nitrogen and oxygen atoms in total.